The summed E-state index contributed by atoms with van der Waals surface area (Å²) in [4.78, 5) is 0. The van der Waals surface area contributed by atoms with Crippen LogP contribution in [0, 0.1) is 15.3 Å². The molecule has 0 aliphatic heterocycles. The van der Waals surface area contributed by atoms with Crippen molar-refractivity contribution in [3.8, 4) is 5.75 Å². The fourth-order valence-electron chi connectivity index (χ4n) is 2.31. The van der Waals surface area contributed by atoms with Gasteiger partial charge in [0.05, 0.1) is 15.4 Å². The van der Waals surface area contributed by atoms with Crippen LogP contribution in [0.5, 0.6) is 5.75 Å². The van der Waals surface area contributed by atoms with Gasteiger partial charge in [-0.2, -0.15) is 0 Å². The van der Waals surface area contributed by atoms with Crippen molar-refractivity contribution < 1.29 is 9.13 Å². The van der Waals surface area contributed by atoms with Gasteiger partial charge in [0.2, 0.25) is 0 Å². The molecule has 2 nitrogen and oxygen atoms in total. The van der Waals surface area contributed by atoms with Crippen LogP contribution in [0.1, 0.15) is 32.6 Å². The summed E-state index contributed by atoms with van der Waals surface area (Å²) in [5.74, 6) is 0.907. The van der Waals surface area contributed by atoms with E-state index >= 15 is 0 Å². The molecule has 2 atom stereocenters. The third-order valence-corrected chi connectivity index (χ3v) is 4.06. The minimum atomic E-state index is -0.265. The lowest BCUT2D eigenvalue weighted by Crippen LogP contribution is -2.24. The van der Waals surface area contributed by atoms with Gasteiger partial charge in [0, 0.05) is 6.07 Å². The summed E-state index contributed by atoms with van der Waals surface area (Å²) in [6.07, 6.45) is 4.69. The number of nitrogens with two attached hydrogens (primary N) is 1. The van der Waals surface area contributed by atoms with Crippen molar-refractivity contribution in [1.29, 1.82) is 0 Å². The molecule has 0 spiro atoms. The number of benzene rings is 1. The molecule has 1 fully saturated rings. The highest BCUT2D eigenvalue weighted by Crippen LogP contribution is 2.31. The third-order valence-electron chi connectivity index (χ3n) is 3.23. The smallest absolute Gasteiger partial charge is 0.145 e. The van der Waals surface area contributed by atoms with E-state index in [2.05, 4.69) is 6.92 Å². The second kappa shape index (κ2) is 5.42. The molecule has 0 aromatic heterocycles. The van der Waals surface area contributed by atoms with Crippen LogP contribution in [0.25, 0.3) is 0 Å². The van der Waals surface area contributed by atoms with Crippen LogP contribution in [0.4, 0.5) is 10.1 Å². The Labute approximate surface area is 115 Å². The lowest BCUT2D eigenvalue weighted by molar-refractivity contribution is 0.129. The van der Waals surface area contributed by atoms with E-state index in [1.807, 2.05) is 22.6 Å². The Balaban J connectivity index is 2.10. The summed E-state index contributed by atoms with van der Waals surface area (Å²) in [5.41, 5.74) is 6.37. The number of nitrogen functional groups attached to an aromatic ring is 1. The van der Waals surface area contributed by atoms with E-state index in [1.54, 1.807) is 6.07 Å². The van der Waals surface area contributed by atoms with Crippen molar-refractivity contribution in [2.45, 2.75) is 38.7 Å². The van der Waals surface area contributed by atoms with E-state index in [0.717, 1.165) is 12.8 Å². The van der Waals surface area contributed by atoms with Gasteiger partial charge in [-0.1, -0.05) is 13.3 Å². The molecular weight excluding hydrogens is 332 g/mol. The van der Waals surface area contributed by atoms with Gasteiger partial charge in [-0.25, -0.2) is 4.39 Å². The van der Waals surface area contributed by atoms with Gasteiger partial charge < -0.3 is 10.5 Å². The quantitative estimate of drug-likeness (QED) is 0.648. The van der Waals surface area contributed by atoms with Crippen molar-refractivity contribution in [3.05, 3.63) is 21.5 Å². The average molecular weight is 349 g/mol. The maximum absolute atomic E-state index is 13.4. The summed E-state index contributed by atoms with van der Waals surface area (Å²) in [7, 11) is 0. The van der Waals surface area contributed by atoms with Crippen LogP contribution in [0.15, 0.2) is 12.1 Å². The van der Waals surface area contributed by atoms with Gasteiger partial charge in [-0.05, 0) is 53.8 Å². The SMILES string of the molecule is CC1CCCC(Oc2cc(F)c(I)cc2N)C1. The van der Waals surface area contributed by atoms with Crippen LogP contribution in [-0.4, -0.2) is 6.10 Å². The Hall–Kier alpha value is -0.520. The van der Waals surface area contributed by atoms with E-state index in [1.165, 1.54) is 18.9 Å². The molecule has 2 unspecified atom stereocenters. The van der Waals surface area contributed by atoms with Crippen molar-refractivity contribution in [3.63, 3.8) is 0 Å². The highest BCUT2D eigenvalue weighted by Gasteiger charge is 2.21. The first kappa shape index (κ1) is 12.9. The summed E-state index contributed by atoms with van der Waals surface area (Å²) < 4.78 is 19.8. The maximum Gasteiger partial charge on any atom is 0.145 e. The fourth-order valence-corrected chi connectivity index (χ4v) is 2.80. The predicted molar refractivity (Wildman–Crippen MR) is 75.6 cm³/mol. The number of ether oxygens (including phenoxy) is 1. The number of hydrogen-bond acceptors (Lipinski definition) is 2. The Morgan fingerprint density at radius 2 is 2.18 bits per heavy atom. The minimum Gasteiger partial charge on any atom is -0.488 e. The first-order valence-electron chi connectivity index (χ1n) is 5.97. The molecule has 1 aromatic carbocycles. The molecule has 4 heteroatoms. The van der Waals surface area contributed by atoms with Crippen LogP contribution < -0.4 is 10.5 Å². The summed E-state index contributed by atoms with van der Waals surface area (Å²) >= 11 is 1.93. The van der Waals surface area contributed by atoms with Gasteiger partial charge in [0.25, 0.3) is 0 Å². The van der Waals surface area contributed by atoms with Crippen LogP contribution in [-0.2, 0) is 0 Å². The Bertz CT molecular complexity index is 411. The molecule has 0 amide bonds. The van der Waals surface area contributed by atoms with Gasteiger partial charge in [-0.3, -0.25) is 0 Å². The molecule has 1 saturated carbocycles. The topological polar surface area (TPSA) is 35.2 Å². The monoisotopic (exact) mass is 349 g/mol. The predicted octanol–water partition coefficient (Wildman–Crippen LogP) is 3.97. The lowest BCUT2D eigenvalue weighted by Gasteiger charge is -2.27. The normalized spacial score (nSPS) is 24.6. The van der Waals surface area contributed by atoms with Crippen LogP contribution in [0.2, 0.25) is 0 Å². The molecule has 1 aromatic rings. The molecule has 1 aliphatic rings. The van der Waals surface area contributed by atoms with E-state index in [9.17, 15) is 4.39 Å². The summed E-state index contributed by atoms with van der Waals surface area (Å²) in [6.45, 7) is 2.23. The largest absolute Gasteiger partial charge is 0.488 e. The lowest BCUT2D eigenvalue weighted by atomic mass is 9.89. The van der Waals surface area contributed by atoms with Crippen molar-refractivity contribution in [1.82, 2.24) is 0 Å². The second-order valence-corrected chi connectivity index (χ2v) is 5.98. The summed E-state index contributed by atoms with van der Waals surface area (Å²) in [5, 5.41) is 0. The first-order valence-corrected chi connectivity index (χ1v) is 7.05. The zero-order chi connectivity index (χ0) is 12.4. The Morgan fingerprint density at radius 3 is 2.88 bits per heavy atom. The van der Waals surface area contributed by atoms with Gasteiger partial charge in [-0.15, -0.1) is 0 Å². The Morgan fingerprint density at radius 1 is 1.41 bits per heavy atom. The molecule has 0 radical (unpaired) electrons. The van der Waals surface area contributed by atoms with Crippen molar-refractivity contribution in [2.24, 2.45) is 5.92 Å². The number of rotatable bonds is 2. The van der Waals surface area contributed by atoms with Crippen molar-refractivity contribution >= 4 is 28.3 Å². The highest BCUT2D eigenvalue weighted by molar-refractivity contribution is 14.1. The van der Waals surface area contributed by atoms with Gasteiger partial charge >= 0.3 is 0 Å². The molecule has 2 N–H and O–H groups in total. The molecule has 17 heavy (non-hydrogen) atoms. The van der Waals surface area contributed by atoms with Gasteiger partial charge in [0.1, 0.15) is 11.6 Å². The Kier molecular flexibility index (Phi) is 4.12. The number of hydrogen-bond donors (Lipinski definition) is 1. The van der Waals surface area contributed by atoms with Gasteiger partial charge in [0.15, 0.2) is 0 Å². The second-order valence-electron chi connectivity index (χ2n) is 4.82. The van der Waals surface area contributed by atoms with Crippen molar-refractivity contribution in [2.75, 3.05) is 5.73 Å². The highest BCUT2D eigenvalue weighted by atomic mass is 127. The number of halogens is 2. The zero-order valence-electron chi connectivity index (χ0n) is 9.88. The molecule has 0 heterocycles. The molecule has 0 saturated heterocycles. The first-order chi connectivity index (χ1) is 8.06. The number of anilines is 1. The van der Waals surface area contributed by atoms with E-state index < -0.39 is 0 Å². The fraction of sp³-hybridized carbons (Fsp3) is 0.538. The molecule has 0 bridgehead atoms. The molecule has 2 rings (SSSR count). The maximum atomic E-state index is 13.4. The van der Waals surface area contributed by atoms with E-state index in [-0.39, 0.29) is 11.9 Å². The average Bonchev–Trinajstić information content (AvgIpc) is 2.26. The standard InChI is InChI=1S/C13H17FINO/c1-8-3-2-4-9(5-8)17-13-6-10(14)11(15)7-12(13)16/h6-9H,2-5,16H2,1H3. The summed E-state index contributed by atoms with van der Waals surface area (Å²) in [6, 6.07) is 3.02. The third kappa shape index (κ3) is 3.24. The molecule has 1 aliphatic carbocycles. The zero-order valence-corrected chi connectivity index (χ0v) is 12.0. The molecule has 94 valence electrons. The molecular formula is C13H17FINO. The van der Waals surface area contributed by atoms with Crippen LogP contribution >= 0.6 is 22.6 Å². The van der Waals surface area contributed by atoms with E-state index in [4.69, 9.17) is 10.5 Å². The van der Waals surface area contributed by atoms with Crippen LogP contribution in [0.3, 0.4) is 0 Å². The minimum absolute atomic E-state index is 0.181. The van der Waals surface area contributed by atoms with E-state index in [0.29, 0.717) is 20.9 Å².